The van der Waals surface area contributed by atoms with Gasteiger partial charge in [0.1, 0.15) is 22.9 Å². The Morgan fingerprint density at radius 2 is 1.42 bits per heavy atom. The van der Waals surface area contributed by atoms with Gasteiger partial charge in [-0.25, -0.2) is 17.2 Å². The number of methoxy groups -OCH3 is 1. The highest BCUT2D eigenvalue weighted by molar-refractivity contribution is 7.89. The SMILES string of the molecule is COc1ccc(S(=O)(=O)N2CCN(C(c3ccc(F)cc3)c3ccc(F)cc3)CC2)c2cccnc12. The van der Waals surface area contributed by atoms with Crippen LogP contribution in [-0.2, 0) is 10.0 Å². The third kappa shape index (κ3) is 4.57. The summed E-state index contributed by atoms with van der Waals surface area (Å²) in [5, 5.41) is 0.509. The van der Waals surface area contributed by atoms with E-state index in [1.807, 2.05) is 0 Å². The summed E-state index contributed by atoms with van der Waals surface area (Å²) in [4.78, 5) is 6.64. The molecule has 0 atom stereocenters. The third-order valence-corrected chi connectivity index (χ3v) is 8.50. The van der Waals surface area contributed by atoms with Crippen molar-refractivity contribution in [1.82, 2.24) is 14.2 Å². The molecule has 0 amide bonds. The maximum Gasteiger partial charge on any atom is 0.243 e. The van der Waals surface area contributed by atoms with Gasteiger partial charge in [0.2, 0.25) is 10.0 Å². The molecule has 0 spiro atoms. The lowest BCUT2D eigenvalue weighted by molar-refractivity contribution is 0.155. The van der Waals surface area contributed by atoms with Gasteiger partial charge in [-0.1, -0.05) is 24.3 Å². The molecule has 0 radical (unpaired) electrons. The molecule has 186 valence electrons. The van der Waals surface area contributed by atoms with E-state index in [1.54, 1.807) is 54.7 Å². The van der Waals surface area contributed by atoms with Gasteiger partial charge in [-0.05, 0) is 59.7 Å². The highest BCUT2D eigenvalue weighted by Gasteiger charge is 2.33. The number of nitrogens with zero attached hydrogens (tertiary/aromatic N) is 3. The summed E-state index contributed by atoms with van der Waals surface area (Å²) in [6.45, 7) is 1.44. The number of rotatable bonds is 6. The van der Waals surface area contributed by atoms with E-state index in [1.165, 1.54) is 35.7 Å². The maximum atomic E-state index is 13.6. The van der Waals surface area contributed by atoms with Crippen LogP contribution in [0.2, 0.25) is 0 Å². The van der Waals surface area contributed by atoms with E-state index in [0.29, 0.717) is 29.7 Å². The summed E-state index contributed by atoms with van der Waals surface area (Å²) in [6.07, 6.45) is 1.60. The third-order valence-electron chi connectivity index (χ3n) is 6.54. The fourth-order valence-corrected chi connectivity index (χ4v) is 6.36. The Hall–Kier alpha value is -3.40. The van der Waals surface area contributed by atoms with Crippen molar-refractivity contribution in [3.05, 3.63) is 102 Å². The van der Waals surface area contributed by atoms with Crippen LogP contribution in [0.3, 0.4) is 0 Å². The Labute approximate surface area is 208 Å². The summed E-state index contributed by atoms with van der Waals surface area (Å²) < 4.78 is 61.3. The van der Waals surface area contributed by atoms with Crippen LogP contribution in [0, 0.1) is 11.6 Å². The maximum absolute atomic E-state index is 13.6. The number of fused-ring (bicyclic) bond motifs is 1. The Balaban J connectivity index is 1.43. The lowest BCUT2D eigenvalue weighted by Crippen LogP contribution is -2.49. The summed E-state index contributed by atoms with van der Waals surface area (Å²) in [5.74, 6) is -0.168. The number of ether oxygens (including phenoxy) is 1. The van der Waals surface area contributed by atoms with E-state index in [-0.39, 0.29) is 35.7 Å². The van der Waals surface area contributed by atoms with Crippen molar-refractivity contribution in [2.75, 3.05) is 33.3 Å². The van der Waals surface area contributed by atoms with Crippen LogP contribution < -0.4 is 4.74 Å². The second-order valence-electron chi connectivity index (χ2n) is 8.61. The Kier molecular flexibility index (Phi) is 6.70. The Morgan fingerprint density at radius 3 is 1.97 bits per heavy atom. The first-order valence-electron chi connectivity index (χ1n) is 11.6. The van der Waals surface area contributed by atoms with Gasteiger partial charge >= 0.3 is 0 Å². The van der Waals surface area contributed by atoms with Gasteiger partial charge in [-0.2, -0.15) is 4.31 Å². The quantitative estimate of drug-likeness (QED) is 0.380. The summed E-state index contributed by atoms with van der Waals surface area (Å²) in [6, 6.07) is 18.8. The Bertz CT molecular complexity index is 1430. The van der Waals surface area contributed by atoms with E-state index >= 15 is 0 Å². The average molecular weight is 510 g/mol. The van der Waals surface area contributed by atoms with Gasteiger partial charge in [-0.15, -0.1) is 0 Å². The number of halogens is 2. The zero-order valence-corrected chi connectivity index (χ0v) is 20.5. The predicted octanol–water partition coefficient (Wildman–Crippen LogP) is 4.62. The fraction of sp³-hybridized carbons (Fsp3) is 0.222. The first-order valence-corrected chi connectivity index (χ1v) is 13.0. The van der Waals surface area contributed by atoms with Crippen molar-refractivity contribution >= 4 is 20.9 Å². The molecule has 1 saturated heterocycles. The lowest BCUT2D eigenvalue weighted by atomic mass is 9.96. The summed E-state index contributed by atoms with van der Waals surface area (Å²) in [7, 11) is -2.27. The number of pyridine rings is 1. The minimum Gasteiger partial charge on any atom is -0.494 e. The lowest BCUT2D eigenvalue weighted by Gasteiger charge is -2.39. The largest absolute Gasteiger partial charge is 0.494 e. The first-order chi connectivity index (χ1) is 17.4. The zero-order valence-electron chi connectivity index (χ0n) is 19.6. The second kappa shape index (κ2) is 9.93. The predicted molar refractivity (Wildman–Crippen MR) is 133 cm³/mol. The molecule has 6 nitrogen and oxygen atoms in total. The number of hydrogen-bond donors (Lipinski definition) is 0. The first kappa shape index (κ1) is 24.3. The molecule has 3 aromatic carbocycles. The van der Waals surface area contributed by atoms with E-state index in [9.17, 15) is 17.2 Å². The molecule has 0 unspecified atom stereocenters. The van der Waals surface area contributed by atoms with E-state index in [0.717, 1.165) is 11.1 Å². The smallest absolute Gasteiger partial charge is 0.243 e. The Morgan fingerprint density at radius 1 is 0.833 bits per heavy atom. The summed E-state index contributed by atoms with van der Waals surface area (Å²) >= 11 is 0. The molecule has 2 heterocycles. The molecule has 1 aromatic heterocycles. The van der Waals surface area contributed by atoms with Crippen LogP contribution in [0.1, 0.15) is 17.2 Å². The molecule has 0 N–H and O–H groups in total. The minimum absolute atomic E-state index is 0.188. The van der Waals surface area contributed by atoms with Gasteiger partial charge in [0.05, 0.1) is 18.0 Å². The standard InChI is InChI=1S/C27H25F2N3O3S/c1-35-24-12-13-25(23-3-2-14-30-26(23)24)36(33,34)32-17-15-31(16-18-32)27(19-4-8-21(28)9-5-19)20-6-10-22(29)11-7-20/h2-14,27H,15-18H2,1H3. The van der Waals surface area contributed by atoms with E-state index in [2.05, 4.69) is 9.88 Å². The zero-order chi connectivity index (χ0) is 25.3. The molecule has 36 heavy (non-hydrogen) atoms. The van der Waals surface area contributed by atoms with Crippen LogP contribution in [0.5, 0.6) is 5.75 Å². The van der Waals surface area contributed by atoms with Crippen LogP contribution >= 0.6 is 0 Å². The van der Waals surface area contributed by atoms with Crippen molar-refractivity contribution in [3.63, 3.8) is 0 Å². The average Bonchev–Trinajstić information content (AvgIpc) is 2.90. The molecular formula is C27H25F2N3O3S. The fourth-order valence-electron chi connectivity index (χ4n) is 4.76. The van der Waals surface area contributed by atoms with Gasteiger partial charge in [0, 0.05) is 37.8 Å². The molecule has 1 fully saturated rings. The number of aromatic nitrogens is 1. The molecule has 0 bridgehead atoms. The number of piperazine rings is 1. The van der Waals surface area contributed by atoms with Crippen molar-refractivity contribution in [1.29, 1.82) is 0 Å². The highest BCUT2D eigenvalue weighted by Crippen LogP contribution is 2.33. The highest BCUT2D eigenvalue weighted by atomic mass is 32.2. The molecular weight excluding hydrogens is 484 g/mol. The molecule has 5 rings (SSSR count). The molecule has 4 aromatic rings. The minimum atomic E-state index is -3.79. The molecule has 0 aliphatic carbocycles. The summed E-state index contributed by atoms with van der Waals surface area (Å²) in [5.41, 5.74) is 2.20. The molecule has 0 saturated carbocycles. The van der Waals surface area contributed by atoms with Crippen molar-refractivity contribution in [2.45, 2.75) is 10.9 Å². The topological polar surface area (TPSA) is 62.7 Å². The van der Waals surface area contributed by atoms with Gasteiger partial charge in [0.25, 0.3) is 0 Å². The normalized spacial score (nSPS) is 15.4. The number of hydrogen-bond acceptors (Lipinski definition) is 5. The van der Waals surface area contributed by atoms with Gasteiger partial charge < -0.3 is 4.74 Å². The molecule has 9 heteroatoms. The van der Waals surface area contributed by atoms with Gasteiger partial charge in [-0.3, -0.25) is 9.88 Å². The number of benzene rings is 3. The monoisotopic (exact) mass is 509 g/mol. The molecule has 1 aliphatic rings. The van der Waals surface area contributed by atoms with Crippen molar-refractivity contribution in [3.8, 4) is 5.75 Å². The van der Waals surface area contributed by atoms with E-state index < -0.39 is 10.0 Å². The van der Waals surface area contributed by atoms with Crippen molar-refractivity contribution < 1.29 is 21.9 Å². The van der Waals surface area contributed by atoms with Gasteiger partial charge in [0.15, 0.2) is 0 Å². The van der Waals surface area contributed by atoms with E-state index in [4.69, 9.17) is 4.74 Å². The molecule has 1 aliphatic heterocycles. The van der Waals surface area contributed by atoms with Crippen LogP contribution in [0.15, 0.2) is 83.9 Å². The van der Waals surface area contributed by atoms with Crippen LogP contribution in [-0.4, -0.2) is 55.9 Å². The second-order valence-corrected chi connectivity index (χ2v) is 10.5. The van der Waals surface area contributed by atoms with Crippen LogP contribution in [0.4, 0.5) is 8.78 Å². The number of sulfonamides is 1. The van der Waals surface area contributed by atoms with Crippen LogP contribution in [0.25, 0.3) is 10.9 Å². The van der Waals surface area contributed by atoms with Crippen molar-refractivity contribution in [2.24, 2.45) is 0 Å².